The van der Waals surface area contributed by atoms with Crippen molar-refractivity contribution >= 4 is 31.6 Å². The molecule has 3 N–H and O–H groups in total. The first-order valence-corrected chi connectivity index (χ1v) is 8.96. The quantitative estimate of drug-likeness (QED) is 0.819. The number of hydrogen-bond acceptors (Lipinski definition) is 3. The molecule has 1 aromatic heterocycles. The summed E-state index contributed by atoms with van der Waals surface area (Å²) in [5.74, 6) is 0. The first-order valence-electron chi connectivity index (χ1n) is 6.62. The van der Waals surface area contributed by atoms with Gasteiger partial charge in [-0.05, 0) is 52.7 Å². The summed E-state index contributed by atoms with van der Waals surface area (Å²) in [5, 5.41) is 8.40. The van der Waals surface area contributed by atoms with Gasteiger partial charge in [-0.3, -0.25) is 0 Å². The molecule has 21 heavy (non-hydrogen) atoms. The van der Waals surface area contributed by atoms with Crippen molar-refractivity contribution in [2.45, 2.75) is 31.3 Å². The number of benzene rings is 1. The maximum Gasteiger partial charge on any atom is 0.238 e. The van der Waals surface area contributed by atoms with Crippen LogP contribution < -0.4 is 10.5 Å². The van der Waals surface area contributed by atoms with E-state index in [2.05, 4.69) is 45.0 Å². The Morgan fingerprint density at radius 2 is 2.10 bits per heavy atom. The van der Waals surface area contributed by atoms with Crippen LogP contribution in [0.15, 0.2) is 45.9 Å². The van der Waals surface area contributed by atoms with Gasteiger partial charge in [0.15, 0.2) is 0 Å². The summed E-state index contributed by atoms with van der Waals surface area (Å²) < 4.78 is 25.4. The van der Waals surface area contributed by atoms with Crippen molar-refractivity contribution in [2.75, 3.05) is 5.32 Å². The molecule has 0 saturated carbocycles. The molecule has 0 bridgehead atoms. The molecule has 7 heteroatoms. The molecular formula is C14H18BrN3O2S. The van der Waals surface area contributed by atoms with Crippen LogP contribution in [0, 0.1) is 0 Å². The molecule has 5 nitrogen and oxygen atoms in total. The van der Waals surface area contributed by atoms with Gasteiger partial charge in [-0.15, -0.1) is 0 Å². The monoisotopic (exact) mass is 371 g/mol. The number of halogens is 1. The normalized spacial score (nSPS) is 11.6. The zero-order valence-electron chi connectivity index (χ0n) is 11.7. The number of sulfonamides is 1. The van der Waals surface area contributed by atoms with Crippen molar-refractivity contribution in [2.24, 2.45) is 5.14 Å². The Morgan fingerprint density at radius 1 is 1.33 bits per heavy atom. The number of nitrogens with zero attached hydrogens (tertiary/aromatic N) is 1. The van der Waals surface area contributed by atoms with Crippen LogP contribution in [0.3, 0.4) is 0 Å². The van der Waals surface area contributed by atoms with E-state index in [-0.39, 0.29) is 4.90 Å². The number of hydrogen-bond donors (Lipinski definition) is 2. The molecule has 0 unspecified atom stereocenters. The summed E-state index contributed by atoms with van der Waals surface area (Å²) in [4.78, 5) is 0.0919. The molecular weight excluding hydrogens is 354 g/mol. The number of anilines is 1. The fraction of sp³-hybridized carbons (Fsp3) is 0.286. The second-order valence-electron chi connectivity index (χ2n) is 4.73. The molecule has 0 aliphatic carbocycles. The molecule has 1 heterocycles. The van der Waals surface area contributed by atoms with Gasteiger partial charge in [0.25, 0.3) is 0 Å². The average molecular weight is 372 g/mol. The highest BCUT2D eigenvalue weighted by Crippen LogP contribution is 2.25. The Bertz CT molecular complexity index is 726. The van der Waals surface area contributed by atoms with Crippen molar-refractivity contribution < 1.29 is 8.42 Å². The minimum Gasteiger partial charge on any atom is -0.379 e. The first kappa shape index (κ1) is 16.1. The lowest BCUT2D eigenvalue weighted by Gasteiger charge is -2.12. The Balaban J connectivity index is 2.12. The minimum absolute atomic E-state index is 0.0919. The topological polar surface area (TPSA) is 77.1 Å². The fourth-order valence-electron chi connectivity index (χ4n) is 2.07. The third kappa shape index (κ3) is 4.09. The van der Waals surface area contributed by atoms with Crippen LogP contribution in [0.1, 0.15) is 19.0 Å². The van der Waals surface area contributed by atoms with Gasteiger partial charge in [-0.1, -0.05) is 6.92 Å². The van der Waals surface area contributed by atoms with Gasteiger partial charge in [0, 0.05) is 28.6 Å². The number of nitrogens with two attached hydrogens (primary N) is 1. The van der Waals surface area contributed by atoms with Crippen molar-refractivity contribution in [3.8, 4) is 0 Å². The van der Waals surface area contributed by atoms with E-state index >= 15 is 0 Å². The van der Waals surface area contributed by atoms with Crippen molar-refractivity contribution in [3.05, 3.63) is 46.7 Å². The highest BCUT2D eigenvalue weighted by atomic mass is 79.9. The predicted octanol–water partition coefficient (Wildman–Crippen LogP) is 2.92. The zero-order chi connectivity index (χ0) is 15.5. The van der Waals surface area contributed by atoms with E-state index in [4.69, 9.17) is 5.14 Å². The van der Waals surface area contributed by atoms with Crippen LogP contribution in [-0.2, 0) is 23.1 Å². The molecule has 0 saturated heterocycles. The molecule has 0 fully saturated rings. The fourth-order valence-corrected chi connectivity index (χ4v) is 3.28. The van der Waals surface area contributed by atoms with Crippen molar-refractivity contribution in [1.29, 1.82) is 0 Å². The van der Waals surface area contributed by atoms with Gasteiger partial charge < -0.3 is 9.88 Å². The van der Waals surface area contributed by atoms with Gasteiger partial charge >= 0.3 is 0 Å². The van der Waals surface area contributed by atoms with Crippen LogP contribution in [0.2, 0.25) is 0 Å². The van der Waals surface area contributed by atoms with Gasteiger partial charge in [0.05, 0.1) is 11.4 Å². The number of aryl methyl sites for hydroxylation is 1. The summed E-state index contributed by atoms with van der Waals surface area (Å²) in [7, 11) is -3.68. The number of primary sulfonamides is 1. The van der Waals surface area contributed by atoms with Crippen LogP contribution in [0.5, 0.6) is 0 Å². The van der Waals surface area contributed by atoms with Crippen LogP contribution in [-0.4, -0.2) is 13.0 Å². The van der Waals surface area contributed by atoms with E-state index in [9.17, 15) is 8.42 Å². The minimum atomic E-state index is -3.68. The van der Waals surface area contributed by atoms with Crippen LogP contribution >= 0.6 is 15.9 Å². The largest absolute Gasteiger partial charge is 0.379 e. The lowest BCUT2D eigenvalue weighted by molar-refractivity contribution is 0.598. The molecule has 0 radical (unpaired) electrons. The SMILES string of the molecule is CCCn1cccc1CNc1ccc(S(N)(=O)=O)cc1Br. The van der Waals surface area contributed by atoms with Gasteiger partial charge in [0.1, 0.15) is 0 Å². The molecule has 0 atom stereocenters. The van der Waals surface area contributed by atoms with E-state index < -0.39 is 10.0 Å². The van der Waals surface area contributed by atoms with E-state index in [0.717, 1.165) is 18.7 Å². The maximum absolute atomic E-state index is 11.3. The molecule has 0 aliphatic heterocycles. The predicted molar refractivity (Wildman–Crippen MR) is 87.6 cm³/mol. The lowest BCUT2D eigenvalue weighted by Crippen LogP contribution is -2.12. The van der Waals surface area contributed by atoms with Gasteiger partial charge in [0.2, 0.25) is 10.0 Å². The van der Waals surface area contributed by atoms with E-state index in [1.807, 2.05) is 6.07 Å². The molecule has 0 aliphatic rings. The summed E-state index contributed by atoms with van der Waals surface area (Å²) >= 11 is 3.36. The highest BCUT2D eigenvalue weighted by Gasteiger charge is 2.10. The summed E-state index contributed by atoms with van der Waals surface area (Å²) in [6.45, 7) is 3.79. The summed E-state index contributed by atoms with van der Waals surface area (Å²) in [5.41, 5.74) is 2.01. The summed E-state index contributed by atoms with van der Waals surface area (Å²) in [6, 6.07) is 8.79. The average Bonchev–Trinajstić information content (AvgIpc) is 2.84. The Morgan fingerprint density at radius 3 is 2.71 bits per heavy atom. The van der Waals surface area contributed by atoms with Gasteiger partial charge in [-0.2, -0.15) is 0 Å². The number of nitrogens with one attached hydrogen (secondary N) is 1. The Labute approximate surface area is 133 Å². The number of aromatic nitrogens is 1. The maximum atomic E-state index is 11.3. The van der Waals surface area contributed by atoms with Crippen LogP contribution in [0.25, 0.3) is 0 Å². The van der Waals surface area contributed by atoms with Gasteiger partial charge in [-0.25, -0.2) is 13.6 Å². The zero-order valence-corrected chi connectivity index (χ0v) is 14.1. The van der Waals surface area contributed by atoms with E-state index in [1.54, 1.807) is 6.07 Å². The first-order chi connectivity index (χ1) is 9.91. The second kappa shape index (κ2) is 6.64. The molecule has 114 valence electrons. The molecule has 1 aromatic carbocycles. The third-order valence-electron chi connectivity index (χ3n) is 3.12. The van der Waals surface area contributed by atoms with E-state index in [0.29, 0.717) is 11.0 Å². The summed E-state index contributed by atoms with van der Waals surface area (Å²) in [6.07, 6.45) is 3.13. The molecule has 0 spiro atoms. The van der Waals surface area contributed by atoms with Crippen LogP contribution in [0.4, 0.5) is 5.69 Å². The number of rotatable bonds is 6. The third-order valence-corrected chi connectivity index (χ3v) is 4.68. The standard InChI is InChI=1S/C14H18BrN3O2S/c1-2-7-18-8-3-4-11(18)10-17-14-6-5-12(9-13(14)15)21(16,19)20/h3-6,8-9,17H,2,7,10H2,1H3,(H2,16,19,20). The molecule has 0 amide bonds. The smallest absolute Gasteiger partial charge is 0.238 e. The Hall–Kier alpha value is -1.31. The molecule has 2 rings (SSSR count). The Kier molecular flexibility index (Phi) is 5.08. The highest BCUT2D eigenvalue weighted by molar-refractivity contribution is 9.10. The van der Waals surface area contributed by atoms with Crippen molar-refractivity contribution in [1.82, 2.24) is 4.57 Å². The molecule has 2 aromatic rings. The second-order valence-corrected chi connectivity index (χ2v) is 7.15. The van der Waals surface area contributed by atoms with Crippen molar-refractivity contribution in [3.63, 3.8) is 0 Å². The lowest BCUT2D eigenvalue weighted by atomic mass is 10.3. The van der Waals surface area contributed by atoms with E-state index in [1.165, 1.54) is 17.8 Å².